The third-order valence-corrected chi connectivity index (χ3v) is 4.31. The van der Waals surface area contributed by atoms with Gasteiger partial charge in [-0.25, -0.2) is 4.39 Å². The molecule has 0 bridgehead atoms. The Morgan fingerprint density at radius 1 is 1.52 bits per heavy atom. The van der Waals surface area contributed by atoms with Crippen molar-refractivity contribution in [2.75, 3.05) is 18.0 Å². The van der Waals surface area contributed by atoms with Crippen LogP contribution in [-0.4, -0.2) is 29.1 Å². The highest BCUT2D eigenvalue weighted by molar-refractivity contribution is 5.96. The molecule has 0 radical (unpaired) electrons. The van der Waals surface area contributed by atoms with Gasteiger partial charge in [0.25, 0.3) is 0 Å². The molecule has 0 aliphatic carbocycles. The van der Waals surface area contributed by atoms with E-state index in [4.69, 9.17) is 0 Å². The summed E-state index contributed by atoms with van der Waals surface area (Å²) in [5.41, 5.74) is 2.26. The van der Waals surface area contributed by atoms with Gasteiger partial charge in [-0.15, -0.1) is 0 Å². The maximum Gasteiger partial charge on any atom is 0.308 e. The first kappa shape index (κ1) is 15.2. The Labute approximate surface area is 133 Å². The van der Waals surface area contributed by atoms with Gasteiger partial charge in [0.2, 0.25) is 0 Å². The van der Waals surface area contributed by atoms with Crippen LogP contribution in [0.5, 0.6) is 0 Å². The summed E-state index contributed by atoms with van der Waals surface area (Å²) in [4.78, 5) is 17.4. The Kier molecular flexibility index (Phi) is 3.87. The molecule has 0 amide bonds. The average molecular weight is 313 g/mol. The molecule has 2 aromatic rings. The van der Waals surface area contributed by atoms with Crippen molar-refractivity contribution < 1.29 is 14.3 Å². The van der Waals surface area contributed by atoms with E-state index in [9.17, 15) is 19.6 Å². The van der Waals surface area contributed by atoms with Gasteiger partial charge < -0.3 is 10.0 Å². The summed E-state index contributed by atoms with van der Waals surface area (Å²) in [6.45, 7) is 2.73. The van der Waals surface area contributed by atoms with E-state index in [0.717, 1.165) is 6.42 Å². The second-order valence-electron chi connectivity index (χ2n) is 5.87. The fourth-order valence-electron chi connectivity index (χ4n) is 3.23. The molecule has 1 saturated heterocycles. The van der Waals surface area contributed by atoms with Crippen molar-refractivity contribution in [2.24, 2.45) is 5.92 Å². The molecule has 0 saturated carbocycles. The van der Waals surface area contributed by atoms with Gasteiger partial charge >= 0.3 is 5.97 Å². The molecule has 1 fully saturated rings. The van der Waals surface area contributed by atoms with E-state index in [1.165, 1.54) is 18.3 Å². The first-order valence-electron chi connectivity index (χ1n) is 7.48. The van der Waals surface area contributed by atoms with Gasteiger partial charge in [-0.1, -0.05) is 0 Å². The lowest BCUT2D eigenvalue weighted by Gasteiger charge is -2.33. The zero-order valence-corrected chi connectivity index (χ0v) is 12.7. The highest BCUT2D eigenvalue weighted by Gasteiger charge is 2.28. The smallest absolute Gasteiger partial charge is 0.308 e. The van der Waals surface area contributed by atoms with Crippen molar-refractivity contribution >= 4 is 22.6 Å². The number of nitrogens with zero attached hydrogens (tertiary/aromatic N) is 3. The van der Waals surface area contributed by atoms with Gasteiger partial charge in [0.1, 0.15) is 11.9 Å². The number of aliphatic carboxylic acids is 1. The van der Waals surface area contributed by atoms with Crippen molar-refractivity contribution in [1.29, 1.82) is 5.26 Å². The van der Waals surface area contributed by atoms with E-state index in [2.05, 4.69) is 11.1 Å². The molecule has 23 heavy (non-hydrogen) atoms. The van der Waals surface area contributed by atoms with Gasteiger partial charge in [-0.05, 0) is 37.5 Å². The van der Waals surface area contributed by atoms with Gasteiger partial charge in [0, 0.05) is 24.7 Å². The van der Waals surface area contributed by atoms with E-state index >= 15 is 0 Å². The first-order valence-corrected chi connectivity index (χ1v) is 7.48. The number of nitriles is 1. The number of pyridine rings is 1. The maximum atomic E-state index is 13.9. The lowest BCUT2D eigenvalue weighted by atomic mass is 9.96. The largest absolute Gasteiger partial charge is 0.481 e. The van der Waals surface area contributed by atoms with Crippen LogP contribution in [0, 0.1) is 30.0 Å². The molecule has 1 atom stereocenters. The van der Waals surface area contributed by atoms with E-state index in [0.29, 0.717) is 47.2 Å². The van der Waals surface area contributed by atoms with Crippen molar-refractivity contribution in [1.82, 2.24) is 4.98 Å². The highest BCUT2D eigenvalue weighted by atomic mass is 19.1. The first-order chi connectivity index (χ1) is 11.0. The molecule has 0 spiro atoms. The van der Waals surface area contributed by atoms with Gasteiger partial charge in [-0.2, -0.15) is 5.26 Å². The summed E-state index contributed by atoms with van der Waals surface area (Å²) >= 11 is 0. The second kappa shape index (κ2) is 5.84. The van der Waals surface area contributed by atoms with Crippen molar-refractivity contribution in [3.63, 3.8) is 0 Å². The number of hydrogen-bond acceptors (Lipinski definition) is 4. The number of aryl methyl sites for hydroxylation is 1. The molecular formula is C17H16FN3O2. The van der Waals surface area contributed by atoms with Crippen LogP contribution in [0.3, 0.4) is 0 Å². The second-order valence-corrected chi connectivity index (χ2v) is 5.87. The number of carboxylic acids is 1. The zero-order valence-electron chi connectivity index (χ0n) is 12.7. The molecule has 2 heterocycles. The standard InChI is InChI=1S/C17H16FN3O2/c1-10-5-13(18)6-14-15(10)20-8-12(7-19)16(14)21-4-2-3-11(9-21)17(22)23/h5-6,8,11H,2-4,9H2,1H3,(H,22,23). The minimum Gasteiger partial charge on any atom is -0.481 e. The number of rotatable bonds is 2. The summed E-state index contributed by atoms with van der Waals surface area (Å²) in [7, 11) is 0. The Bertz CT molecular complexity index is 829. The third kappa shape index (κ3) is 2.70. The molecule has 1 aromatic carbocycles. The number of fused-ring (bicyclic) bond motifs is 1. The minimum absolute atomic E-state index is 0.318. The summed E-state index contributed by atoms with van der Waals surface area (Å²) in [5.74, 6) is -1.71. The number of benzene rings is 1. The van der Waals surface area contributed by atoms with E-state index in [1.807, 2.05) is 4.90 Å². The fraction of sp³-hybridized carbons (Fsp3) is 0.353. The van der Waals surface area contributed by atoms with Crippen LogP contribution in [0.1, 0.15) is 24.0 Å². The fourth-order valence-corrected chi connectivity index (χ4v) is 3.23. The summed E-state index contributed by atoms with van der Waals surface area (Å²) < 4.78 is 13.9. The van der Waals surface area contributed by atoms with Crippen LogP contribution in [0.25, 0.3) is 10.9 Å². The number of carbonyl (C=O) groups is 1. The van der Waals surface area contributed by atoms with Gasteiger partial charge in [-0.3, -0.25) is 9.78 Å². The quantitative estimate of drug-likeness (QED) is 0.922. The van der Waals surface area contributed by atoms with E-state index in [1.54, 1.807) is 6.92 Å². The van der Waals surface area contributed by atoms with Gasteiger partial charge in [0.15, 0.2) is 0 Å². The van der Waals surface area contributed by atoms with Crippen LogP contribution in [-0.2, 0) is 4.79 Å². The van der Waals surface area contributed by atoms with Crippen molar-refractivity contribution in [3.05, 3.63) is 35.3 Å². The SMILES string of the molecule is Cc1cc(F)cc2c(N3CCCC(C(=O)O)C3)c(C#N)cnc12. The molecule has 1 aliphatic rings. The van der Waals surface area contributed by atoms with Crippen molar-refractivity contribution in [3.8, 4) is 6.07 Å². The van der Waals surface area contributed by atoms with E-state index < -0.39 is 11.9 Å². The van der Waals surface area contributed by atoms with Gasteiger partial charge in [0.05, 0.1) is 22.7 Å². The summed E-state index contributed by atoms with van der Waals surface area (Å²) in [6, 6.07) is 4.87. The predicted molar refractivity (Wildman–Crippen MR) is 83.7 cm³/mol. The molecule has 3 rings (SSSR count). The van der Waals surface area contributed by atoms with Crippen LogP contribution >= 0.6 is 0 Å². The Balaban J connectivity index is 2.18. The molecule has 1 N–H and O–H groups in total. The topological polar surface area (TPSA) is 77.2 Å². The number of halogens is 1. The minimum atomic E-state index is -0.839. The molecule has 118 valence electrons. The summed E-state index contributed by atoms with van der Waals surface area (Å²) in [6.07, 6.45) is 2.82. The average Bonchev–Trinajstić information content (AvgIpc) is 2.53. The Morgan fingerprint density at radius 2 is 2.30 bits per heavy atom. The molecule has 1 unspecified atom stereocenters. The molecule has 1 aromatic heterocycles. The summed E-state index contributed by atoms with van der Waals surface area (Å²) in [5, 5.41) is 19.2. The zero-order chi connectivity index (χ0) is 16.6. The predicted octanol–water partition coefficient (Wildman–Crippen LogP) is 2.86. The molecule has 5 nitrogen and oxygen atoms in total. The number of anilines is 1. The maximum absolute atomic E-state index is 13.9. The number of hydrogen-bond donors (Lipinski definition) is 1. The van der Waals surface area contributed by atoms with Crippen molar-refractivity contribution in [2.45, 2.75) is 19.8 Å². The van der Waals surface area contributed by atoms with Crippen LogP contribution < -0.4 is 4.90 Å². The normalized spacial score (nSPS) is 18.0. The molecule has 6 heteroatoms. The number of piperidine rings is 1. The highest BCUT2D eigenvalue weighted by Crippen LogP contribution is 2.34. The van der Waals surface area contributed by atoms with Crippen LogP contribution in [0.4, 0.5) is 10.1 Å². The Morgan fingerprint density at radius 3 is 3.00 bits per heavy atom. The molecular weight excluding hydrogens is 297 g/mol. The number of aromatic nitrogens is 1. The monoisotopic (exact) mass is 313 g/mol. The van der Waals surface area contributed by atoms with Crippen LogP contribution in [0.15, 0.2) is 18.3 Å². The third-order valence-electron chi connectivity index (χ3n) is 4.31. The van der Waals surface area contributed by atoms with Crippen LogP contribution in [0.2, 0.25) is 0 Å². The van der Waals surface area contributed by atoms with E-state index in [-0.39, 0.29) is 5.82 Å². The lowest BCUT2D eigenvalue weighted by Crippen LogP contribution is -2.39. The Hall–Kier alpha value is -2.68. The number of carboxylic acid groups (broad SMARTS) is 1. The lowest BCUT2D eigenvalue weighted by molar-refractivity contribution is -0.141. The molecule has 1 aliphatic heterocycles.